The first kappa shape index (κ1) is 24.5. The van der Waals surface area contributed by atoms with Crippen LogP contribution in [-0.2, 0) is 14.9 Å². The molecule has 3 rings (SSSR count). The number of hydrogen-bond donors (Lipinski definition) is 1. The molecule has 1 N–H and O–H groups in total. The predicted octanol–water partition coefficient (Wildman–Crippen LogP) is 3.38. The third-order valence-electron chi connectivity index (χ3n) is 5.46. The molecule has 1 amide bonds. The second kappa shape index (κ2) is 9.79. The van der Waals surface area contributed by atoms with E-state index in [9.17, 15) is 9.59 Å². The van der Waals surface area contributed by atoms with E-state index in [1.807, 2.05) is 39.8 Å². The smallest absolute Gasteiger partial charge is 0.342 e. The van der Waals surface area contributed by atoms with Crippen molar-refractivity contribution in [3.63, 3.8) is 0 Å². The summed E-state index contributed by atoms with van der Waals surface area (Å²) < 4.78 is 11.2. The Kier molecular flexibility index (Phi) is 7.27. The fourth-order valence-corrected chi connectivity index (χ4v) is 3.98. The molecule has 0 saturated carbocycles. The summed E-state index contributed by atoms with van der Waals surface area (Å²) in [6.07, 6.45) is 1.28. The average Bonchev–Trinajstić information content (AvgIpc) is 3.06. The minimum atomic E-state index is -0.502. The Bertz CT molecular complexity index is 1040. The van der Waals surface area contributed by atoms with Crippen molar-refractivity contribution in [1.82, 2.24) is 20.0 Å². The summed E-state index contributed by atoms with van der Waals surface area (Å²) in [6.45, 7) is 11.3. The highest BCUT2D eigenvalue weighted by Crippen LogP contribution is 2.37. The average molecular weight is 455 g/mol. The van der Waals surface area contributed by atoms with Gasteiger partial charge in [-0.05, 0) is 59.1 Å². The van der Waals surface area contributed by atoms with Crippen molar-refractivity contribution in [1.29, 1.82) is 0 Å². The molecule has 0 unspecified atom stereocenters. The number of nitrogens with one attached hydrogen (secondary N) is 1. The van der Waals surface area contributed by atoms with E-state index in [1.54, 1.807) is 49.2 Å². The number of amides is 1. The normalized spacial score (nSPS) is 15.2. The highest BCUT2D eigenvalue weighted by Gasteiger charge is 2.38. The Balaban J connectivity index is 1.91. The lowest BCUT2D eigenvalue weighted by molar-refractivity contribution is -0.140. The van der Waals surface area contributed by atoms with Gasteiger partial charge in [-0.2, -0.15) is 5.10 Å². The number of hydrogen-bond acceptors (Lipinski definition) is 6. The topological polar surface area (TPSA) is 87.8 Å². The quantitative estimate of drug-likeness (QED) is 0.646. The molecule has 8 heteroatoms. The van der Waals surface area contributed by atoms with E-state index >= 15 is 0 Å². The number of nitrogens with zero attached hydrogens (tertiary/aromatic N) is 3. The van der Waals surface area contributed by atoms with E-state index in [0.717, 1.165) is 17.8 Å². The number of rotatable bonds is 7. The van der Waals surface area contributed by atoms with E-state index in [1.165, 1.54) is 0 Å². The number of aromatic nitrogens is 2. The lowest BCUT2D eigenvalue weighted by Crippen LogP contribution is -2.37. The minimum Gasteiger partial charge on any atom is -0.492 e. The zero-order valence-electron chi connectivity index (χ0n) is 20.6. The van der Waals surface area contributed by atoms with Gasteiger partial charge in [0.1, 0.15) is 23.6 Å². The number of carbonyl (C=O) groups excluding carboxylic acids is 2. The zero-order chi connectivity index (χ0) is 24.3. The molecule has 0 fully saturated rings. The number of likely N-dealkylation sites (N-methyl/N-ethyl adjacent to an activating group) is 1. The molecule has 1 aliphatic heterocycles. The molecule has 0 bridgehead atoms. The number of carbonyl (C=O) groups is 2. The van der Waals surface area contributed by atoms with E-state index in [2.05, 4.69) is 10.2 Å². The molecule has 0 radical (unpaired) electrons. The van der Waals surface area contributed by atoms with Crippen LogP contribution in [0.1, 0.15) is 55.0 Å². The van der Waals surface area contributed by atoms with Crippen LogP contribution in [0.25, 0.3) is 5.57 Å². The SMILES string of the molecule is Cc1[nH]nc2c1C(C)(C)CN(C(=O)c1ccc(OCCN(C)C)cc1)C=C2C(=O)OC(C)C. The number of H-pyrrole nitrogens is 1. The maximum absolute atomic E-state index is 13.5. The van der Waals surface area contributed by atoms with Crippen LogP contribution >= 0.6 is 0 Å². The van der Waals surface area contributed by atoms with E-state index < -0.39 is 11.4 Å². The van der Waals surface area contributed by atoms with Gasteiger partial charge in [0.25, 0.3) is 5.91 Å². The van der Waals surface area contributed by atoms with Crippen molar-refractivity contribution in [2.24, 2.45) is 0 Å². The number of aromatic amines is 1. The van der Waals surface area contributed by atoms with E-state index in [-0.39, 0.29) is 17.6 Å². The fraction of sp³-hybridized carbons (Fsp3) is 0.480. The standard InChI is InChI=1S/C25H34N4O4/c1-16(2)33-24(31)20-14-29(15-25(4,5)21-17(3)26-27-22(20)21)23(30)18-8-10-19(11-9-18)32-13-12-28(6)7/h8-11,14,16H,12-13,15H2,1-7H3,(H,26,27). The lowest BCUT2D eigenvalue weighted by atomic mass is 9.82. The lowest BCUT2D eigenvalue weighted by Gasteiger charge is -2.29. The zero-order valence-corrected chi connectivity index (χ0v) is 20.6. The third-order valence-corrected chi connectivity index (χ3v) is 5.46. The summed E-state index contributed by atoms with van der Waals surface area (Å²) in [4.78, 5) is 30.0. The van der Waals surface area contributed by atoms with Crippen LogP contribution in [0.2, 0.25) is 0 Å². The summed E-state index contributed by atoms with van der Waals surface area (Å²) in [5, 5.41) is 7.38. The van der Waals surface area contributed by atoms with Gasteiger partial charge in [0.2, 0.25) is 0 Å². The van der Waals surface area contributed by atoms with Crippen LogP contribution < -0.4 is 4.74 Å². The number of benzene rings is 1. The van der Waals surface area contributed by atoms with Crippen molar-refractivity contribution >= 4 is 17.4 Å². The monoisotopic (exact) mass is 454 g/mol. The maximum Gasteiger partial charge on any atom is 0.342 e. The second-order valence-corrected chi connectivity index (χ2v) is 9.56. The molecule has 0 spiro atoms. The molecule has 2 heterocycles. The van der Waals surface area contributed by atoms with Crippen LogP contribution in [0, 0.1) is 6.92 Å². The van der Waals surface area contributed by atoms with Gasteiger partial charge < -0.3 is 19.3 Å². The minimum absolute atomic E-state index is 0.204. The molecule has 178 valence electrons. The van der Waals surface area contributed by atoms with Crippen molar-refractivity contribution in [3.8, 4) is 5.75 Å². The Morgan fingerprint density at radius 1 is 1.21 bits per heavy atom. The van der Waals surface area contributed by atoms with Crippen LogP contribution in [0.5, 0.6) is 5.75 Å². The predicted molar refractivity (Wildman–Crippen MR) is 127 cm³/mol. The Labute approximate surface area is 195 Å². The molecule has 0 saturated heterocycles. The molecule has 0 atom stereocenters. The maximum atomic E-state index is 13.5. The van der Waals surface area contributed by atoms with Crippen molar-refractivity contribution in [2.75, 3.05) is 33.8 Å². The molecule has 1 aromatic heterocycles. The highest BCUT2D eigenvalue weighted by molar-refractivity contribution is 6.17. The number of aryl methyl sites for hydroxylation is 1. The molecule has 8 nitrogen and oxygen atoms in total. The van der Waals surface area contributed by atoms with Gasteiger partial charge in [0.05, 0.1) is 6.10 Å². The molecule has 0 aliphatic carbocycles. The molecule has 2 aromatic rings. The van der Waals surface area contributed by atoms with Crippen molar-refractivity contribution in [2.45, 2.75) is 46.1 Å². The van der Waals surface area contributed by atoms with Gasteiger partial charge in [-0.1, -0.05) is 13.8 Å². The Morgan fingerprint density at radius 3 is 2.48 bits per heavy atom. The molecule has 1 aliphatic rings. The van der Waals surface area contributed by atoms with Gasteiger partial charge in [-0.25, -0.2) is 4.79 Å². The summed E-state index contributed by atoms with van der Waals surface area (Å²) >= 11 is 0. The summed E-state index contributed by atoms with van der Waals surface area (Å²) in [5.74, 6) is -0.000444. The van der Waals surface area contributed by atoms with E-state index in [4.69, 9.17) is 9.47 Å². The first-order chi connectivity index (χ1) is 15.5. The largest absolute Gasteiger partial charge is 0.492 e. The molecular weight excluding hydrogens is 420 g/mol. The van der Waals surface area contributed by atoms with Gasteiger partial charge in [0, 0.05) is 41.5 Å². The van der Waals surface area contributed by atoms with E-state index in [0.29, 0.717) is 30.2 Å². The van der Waals surface area contributed by atoms with Gasteiger partial charge in [-0.3, -0.25) is 9.89 Å². The second-order valence-electron chi connectivity index (χ2n) is 9.56. The number of fused-ring (bicyclic) bond motifs is 1. The van der Waals surface area contributed by atoms with Crippen LogP contribution in [0.15, 0.2) is 30.5 Å². The van der Waals surface area contributed by atoms with Gasteiger partial charge in [0.15, 0.2) is 0 Å². The van der Waals surface area contributed by atoms with Crippen LogP contribution in [0.3, 0.4) is 0 Å². The Hall–Kier alpha value is -3.13. The summed E-state index contributed by atoms with van der Waals surface area (Å²) in [7, 11) is 3.97. The molecule has 1 aromatic carbocycles. The van der Waals surface area contributed by atoms with Gasteiger partial charge in [-0.15, -0.1) is 0 Å². The molecule has 33 heavy (non-hydrogen) atoms. The molecular formula is C25H34N4O4. The summed E-state index contributed by atoms with van der Waals surface area (Å²) in [6, 6.07) is 7.07. The van der Waals surface area contributed by atoms with Gasteiger partial charge >= 0.3 is 5.97 Å². The fourth-order valence-electron chi connectivity index (χ4n) is 3.98. The van der Waals surface area contributed by atoms with Crippen LogP contribution in [0.4, 0.5) is 0 Å². The van der Waals surface area contributed by atoms with Crippen molar-refractivity contribution < 1.29 is 19.1 Å². The number of ether oxygens (including phenoxy) is 2. The highest BCUT2D eigenvalue weighted by atomic mass is 16.5. The Morgan fingerprint density at radius 2 is 1.88 bits per heavy atom. The first-order valence-electron chi connectivity index (χ1n) is 11.2. The third kappa shape index (κ3) is 5.63. The summed E-state index contributed by atoms with van der Waals surface area (Å²) in [5.41, 5.74) is 2.65. The van der Waals surface area contributed by atoms with Crippen LogP contribution in [-0.4, -0.2) is 71.8 Å². The van der Waals surface area contributed by atoms with Crippen molar-refractivity contribution in [3.05, 3.63) is 53.0 Å². The number of esters is 1. The first-order valence-corrected chi connectivity index (χ1v) is 11.2.